The van der Waals surface area contributed by atoms with Crippen LogP contribution in [0.4, 0.5) is 11.4 Å². The zero-order valence-electron chi connectivity index (χ0n) is 10.2. The molecule has 0 saturated carbocycles. The van der Waals surface area contributed by atoms with Gasteiger partial charge in [0.15, 0.2) is 0 Å². The van der Waals surface area contributed by atoms with E-state index in [1.165, 1.54) is 14.0 Å². The van der Waals surface area contributed by atoms with E-state index < -0.39 is 4.83 Å². The van der Waals surface area contributed by atoms with Crippen molar-refractivity contribution in [3.8, 4) is 0 Å². The summed E-state index contributed by atoms with van der Waals surface area (Å²) in [6.07, 6.45) is 0. The fourth-order valence-corrected chi connectivity index (χ4v) is 1.64. The van der Waals surface area contributed by atoms with E-state index >= 15 is 0 Å². The van der Waals surface area contributed by atoms with E-state index in [0.29, 0.717) is 6.54 Å². The third-order valence-electron chi connectivity index (χ3n) is 2.15. The number of anilines is 2. The lowest BCUT2D eigenvalue weighted by atomic mass is 10.2. The fraction of sp³-hybridized carbons (Fsp3) is 0.333. The number of benzene rings is 1. The van der Waals surface area contributed by atoms with Crippen molar-refractivity contribution in [1.29, 1.82) is 0 Å². The molecule has 18 heavy (non-hydrogen) atoms. The van der Waals surface area contributed by atoms with Gasteiger partial charge in [0.05, 0.1) is 7.11 Å². The summed E-state index contributed by atoms with van der Waals surface area (Å²) in [7, 11) is 1.35. The number of rotatable bonds is 5. The second-order valence-electron chi connectivity index (χ2n) is 3.63. The summed E-state index contributed by atoms with van der Waals surface area (Å²) in [5.74, 6) is -0.431. The number of hydrogen-bond donors (Lipinski definition) is 2. The molecule has 2 N–H and O–H groups in total. The maximum atomic E-state index is 11.2. The van der Waals surface area contributed by atoms with Crippen LogP contribution in [0.1, 0.15) is 6.92 Å². The summed E-state index contributed by atoms with van der Waals surface area (Å²) in [5.41, 5.74) is 1.59. The molecule has 1 rings (SSSR count). The average molecular weight is 315 g/mol. The molecule has 0 aromatic heterocycles. The molecule has 1 aromatic carbocycles. The molecule has 1 aromatic rings. The van der Waals surface area contributed by atoms with Gasteiger partial charge in [0.2, 0.25) is 5.91 Å². The number of alkyl halides is 1. The molecule has 0 spiro atoms. The first-order valence-electron chi connectivity index (χ1n) is 5.36. The van der Waals surface area contributed by atoms with Crippen molar-refractivity contribution < 1.29 is 14.3 Å². The zero-order valence-corrected chi connectivity index (χ0v) is 11.8. The van der Waals surface area contributed by atoms with E-state index in [2.05, 4.69) is 31.3 Å². The topological polar surface area (TPSA) is 67.4 Å². The first kappa shape index (κ1) is 14.5. The zero-order chi connectivity index (χ0) is 13.5. The molecule has 0 fully saturated rings. The van der Waals surface area contributed by atoms with E-state index in [4.69, 9.17) is 0 Å². The third-order valence-corrected chi connectivity index (χ3v) is 2.85. The summed E-state index contributed by atoms with van der Waals surface area (Å²) in [4.78, 5) is 21.6. The third kappa shape index (κ3) is 4.75. The Labute approximate surface area is 114 Å². The molecule has 0 radical (unpaired) electrons. The highest BCUT2D eigenvalue weighted by Gasteiger charge is 2.14. The molecule has 6 heteroatoms. The molecule has 1 atom stereocenters. The molecule has 0 aliphatic rings. The highest BCUT2D eigenvalue weighted by Crippen LogP contribution is 2.14. The van der Waals surface area contributed by atoms with Gasteiger partial charge in [-0.1, -0.05) is 15.9 Å². The van der Waals surface area contributed by atoms with Gasteiger partial charge in [-0.3, -0.25) is 9.59 Å². The Kier molecular flexibility index (Phi) is 5.64. The molecule has 5 nitrogen and oxygen atoms in total. The van der Waals surface area contributed by atoms with E-state index in [-0.39, 0.29) is 11.9 Å². The second-order valence-corrected chi connectivity index (χ2v) is 4.74. The lowest BCUT2D eigenvalue weighted by Gasteiger charge is -2.11. The monoisotopic (exact) mass is 314 g/mol. The van der Waals surface area contributed by atoms with Crippen LogP contribution in [0, 0.1) is 0 Å². The molecule has 0 bridgehead atoms. The van der Waals surface area contributed by atoms with Crippen LogP contribution in [-0.2, 0) is 14.3 Å². The minimum atomic E-state index is -0.391. The summed E-state index contributed by atoms with van der Waals surface area (Å²) in [6, 6.07) is 7.21. The van der Waals surface area contributed by atoms with Crippen LogP contribution < -0.4 is 10.6 Å². The van der Waals surface area contributed by atoms with E-state index in [1.54, 1.807) is 12.1 Å². The molecule has 0 saturated heterocycles. The van der Waals surface area contributed by atoms with Crippen molar-refractivity contribution in [2.24, 2.45) is 0 Å². The highest BCUT2D eigenvalue weighted by molar-refractivity contribution is 9.10. The molecular weight excluding hydrogens is 300 g/mol. The van der Waals surface area contributed by atoms with Crippen LogP contribution in [-0.4, -0.2) is 30.4 Å². The van der Waals surface area contributed by atoms with Gasteiger partial charge in [0, 0.05) is 24.8 Å². The van der Waals surface area contributed by atoms with Gasteiger partial charge in [-0.05, 0) is 24.3 Å². The second kappa shape index (κ2) is 7.00. The maximum absolute atomic E-state index is 11.2. The minimum absolute atomic E-state index is 0.109. The first-order valence-corrected chi connectivity index (χ1v) is 6.28. The number of carbonyl (C=O) groups is 2. The number of ether oxygens (including phenoxy) is 1. The number of esters is 1. The summed E-state index contributed by atoms with van der Waals surface area (Å²) in [6.45, 7) is 1.88. The maximum Gasteiger partial charge on any atom is 0.321 e. The minimum Gasteiger partial charge on any atom is -0.468 e. The van der Waals surface area contributed by atoms with Crippen LogP contribution in [0.2, 0.25) is 0 Å². The standard InChI is InChI=1S/C12H15BrN2O3/c1-8(16)15-10-5-3-9(4-6-10)14-7-11(13)12(17)18-2/h3-6,11,14H,7H2,1-2H3,(H,15,16). The predicted octanol–water partition coefficient (Wildman–Crippen LogP) is 1.99. The molecular formula is C12H15BrN2O3. The van der Waals surface area contributed by atoms with Crippen molar-refractivity contribution in [2.75, 3.05) is 24.3 Å². The van der Waals surface area contributed by atoms with Gasteiger partial charge in [-0.15, -0.1) is 0 Å². The van der Waals surface area contributed by atoms with Gasteiger partial charge in [-0.25, -0.2) is 0 Å². The highest BCUT2D eigenvalue weighted by atomic mass is 79.9. The quantitative estimate of drug-likeness (QED) is 0.644. The number of halogens is 1. The van der Waals surface area contributed by atoms with E-state index in [9.17, 15) is 9.59 Å². The van der Waals surface area contributed by atoms with Gasteiger partial charge in [0.1, 0.15) is 4.83 Å². The van der Waals surface area contributed by atoms with Gasteiger partial charge < -0.3 is 15.4 Å². The number of amides is 1. The van der Waals surface area contributed by atoms with Crippen molar-refractivity contribution in [3.63, 3.8) is 0 Å². The Morgan fingerprint density at radius 2 is 1.83 bits per heavy atom. The van der Waals surface area contributed by atoms with Crippen molar-refractivity contribution in [2.45, 2.75) is 11.8 Å². The van der Waals surface area contributed by atoms with Crippen molar-refractivity contribution >= 4 is 39.2 Å². The SMILES string of the molecule is COC(=O)C(Br)CNc1ccc(NC(C)=O)cc1. The van der Waals surface area contributed by atoms with Crippen molar-refractivity contribution in [1.82, 2.24) is 0 Å². The number of methoxy groups -OCH3 is 1. The Balaban J connectivity index is 2.48. The summed E-state index contributed by atoms with van der Waals surface area (Å²) >= 11 is 3.21. The van der Waals surface area contributed by atoms with Crippen molar-refractivity contribution in [3.05, 3.63) is 24.3 Å². The van der Waals surface area contributed by atoms with E-state index in [1.807, 2.05) is 12.1 Å². The lowest BCUT2D eigenvalue weighted by molar-refractivity contribution is -0.139. The normalized spacial score (nSPS) is 11.5. The summed E-state index contributed by atoms with van der Waals surface area (Å²) < 4.78 is 4.59. The van der Waals surface area contributed by atoms with Gasteiger partial charge in [-0.2, -0.15) is 0 Å². The van der Waals surface area contributed by atoms with Crippen LogP contribution in [0.25, 0.3) is 0 Å². The Morgan fingerprint density at radius 1 is 1.28 bits per heavy atom. The molecule has 1 unspecified atom stereocenters. The lowest BCUT2D eigenvalue weighted by Crippen LogP contribution is -2.24. The van der Waals surface area contributed by atoms with Gasteiger partial charge >= 0.3 is 5.97 Å². The molecule has 1 amide bonds. The molecule has 0 heterocycles. The van der Waals surface area contributed by atoms with Gasteiger partial charge in [0.25, 0.3) is 0 Å². The molecule has 0 aliphatic carbocycles. The summed E-state index contributed by atoms with van der Waals surface area (Å²) in [5, 5.41) is 5.75. The number of hydrogen-bond acceptors (Lipinski definition) is 4. The number of nitrogens with one attached hydrogen (secondary N) is 2. The molecule has 0 aliphatic heterocycles. The largest absolute Gasteiger partial charge is 0.468 e. The van der Waals surface area contributed by atoms with Crippen LogP contribution in [0.5, 0.6) is 0 Å². The van der Waals surface area contributed by atoms with Crippen LogP contribution in [0.15, 0.2) is 24.3 Å². The fourth-order valence-electron chi connectivity index (χ4n) is 1.29. The average Bonchev–Trinajstić information content (AvgIpc) is 2.36. The number of carbonyl (C=O) groups excluding carboxylic acids is 2. The Bertz CT molecular complexity index is 420. The smallest absolute Gasteiger partial charge is 0.321 e. The predicted molar refractivity (Wildman–Crippen MR) is 74.0 cm³/mol. The van der Waals surface area contributed by atoms with Crippen LogP contribution >= 0.6 is 15.9 Å². The van der Waals surface area contributed by atoms with E-state index in [0.717, 1.165) is 11.4 Å². The Morgan fingerprint density at radius 3 is 2.33 bits per heavy atom. The Hall–Kier alpha value is -1.56. The van der Waals surface area contributed by atoms with Crippen LogP contribution in [0.3, 0.4) is 0 Å². The molecule has 98 valence electrons. The first-order chi connectivity index (χ1) is 8.52.